The first-order chi connectivity index (χ1) is 12.3. The molecule has 8 nitrogen and oxygen atoms in total. The molecular formula is C18H21N5O3. The van der Waals surface area contributed by atoms with Crippen molar-refractivity contribution in [1.82, 2.24) is 9.47 Å². The minimum atomic E-state index is -0.634. The van der Waals surface area contributed by atoms with Gasteiger partial charge in [-0.15, -0.1) is 0 Å². The summed E-state index contributed by atoms with van der Waals surface area (Å²) in [6, 6.07) is 7.21. The highest BCUT2D eigenvalue weighted by Gasteiger charge is 2.22. The molecule has 1 aromatic carbocycles. The van der Waals surface area contributed by atoms with E-state index < -0.39 is 5.97 Å². The number of hydrogen-bond acceptors (Lipinski definition) is 6. The smallest absolute Gasteiger partial charge is 0.357 e. The van der Waals surface area contributed by atoms with Gasteiger partial charge in [0.1, 0.15) is 6.07 Å². The van der Waals surface area contributed by atoms with Crippen LogP contribution < -0.4 is 11.1 Å². The molecule has 26 heavy (non-hydrogen) atoms. The van der Waals surface area contributed by atoms with Gasteiger partial charge >= 0.3 is 5.97 Å². The Hall–Kier alpha value is -3.31. The third-order valence-corrected chi connectivity index (χ3v) is 3.77. The van der Waals surface area contributed by atoms with Gasteiger partial charge in [0.05, 0.1) is 24.9 Å². The summed E-state index contributed by atoms with van der Waals surface area (Å²) in [6.45, 7) is 2.11. The fourth-order valence-electron chi connectivity index (χ4n) is 2.53. The molecule has 0 saturated carbocycles. The van der Waals surface area contributed by atoms with Gasteiger partial charge in [-0.05, 0) is 44.8 Å². The Labute approximate surface area is 151 Å². The van der Waals surface area contributed by atoms with Gasteiger partial charge in [-0.3, -0.25) is 4.79 Å². The predicted octanol–water partition coefficient (Wildman–Crippen LogP) is 1.53. The third kappa shape index (κ3) is 3.84. The maximum atomic E-state index is 12.1. The van der Waals surface area contributed by atoms with Gasteiger partial charge in [0.2, 0.25) is 5.91 Å². The number of rotatable bonds is 5. The summed E-state index contributed by atoms with van der Waals surface area (Å²) in [5.41, 5.74) is 8.35. The molecule has 1 aromatic heterocycles. The van der Waals surface area contributed by atoms with E-state index in [1.807, 2.05) is 27.1 Å². The Balaban J connectivity index is 2.42. The summed E-state index contributed by atoms with van der Waals surface area (Å²) in [4.78, 5) is 25.8. The van der Waals surface area contributed by atoms with Crippen LogP contribution in [0.4, 0.5) is 11.4 Å². The SMILES string of the molecule is COC(=O)c1c(N)c(C#N)cn1-c1ccc(NC(=O)CN(C)C)c(C)c1. The van der Waals surface area contributed by atoms with Crippen molar-refractivity contribution >= 4 is 23.3 Å². The number of aryl methyl sites for hydroxylation is 1. The van der Waals surface area contributed by atoms with Gasteiger partial charge in [-0.2, -0.15) is 5.26 Å². The first-order valence-corrected chi connectivity index (χ1v) is 7.83. The summed E-state index contributed by atoms with van der Waals surface area (Å²) in [5, 5.41) is 12.0. The molecule has 0 unspecified atom stereocenters. The van der Waals surface area contributed by atoms with Crippen LogP contribution in [-0.4, -0.2) is 49.1 Å². The number of methoxy groups -OCH3 is 1. The number of nitrogen functional groups attached to an aromatic ring is 1. The molecule has 0 aliphatic heterocycles. The van der Waals surface area contributed by atoms with Gasteiger partial charge in [0.15, 0.2) is 5.69 Å². The van der Waals surface area contributed by atoms with Crippen molar-refractivity contribution in [3.63, 3.8) is 0 Å². The number of anilines is 2. The van der Waals surface area contributed by atoms with Crippen molar-refractivity contribution in [3.05, 3.63) is 41.2 Å². The highest BCUT2D eigenvalue weighted by molar-refractivity contribution is 5.96. The van der Waals surface area contributed by atoms with E-state index in [0.29, 0.717) is 11.4 Å². The van der Waals surface area contributed by atoms with Gasteiger partial charge in [-0.1, -0.05) is 0 Å². The largest absolute Gasteiger partial charge is 0.464 e. The van der Waals surface area contributed by atoms with Crippen molar-refractivity contribution in [1.29, 1.82) is 5.26 Å². The molecule has 0 radical (unpaired) electrons. The van der Waals surface area contributed by atoms with Gasteiger partial charge < -0.3 is 25.3 Å². The van der Waals surface area contributed by atoms with E-state index in [4.69, 9.17) is 10.5 Å². The highest BCUT2D eigenvalue weighted by Crippen LogP contribution is 2.27. The van der Waals surface area contributed by atoms with Crippen LogP contribution in [-0.2, 0) is 9.53 Å². The van der Waals surface area contributed by atoms with Crippen LogP contribution in [0.2, 0.25) is 0 Å². The van der Waals surface area contributed by atoms with Crippen molar-refractivity contribution in [2.24, 2.45) is 0 Å². The number of esters is 1. The van der Waals surface area contributed by atoms with E-state index in [2.05, 4.69) is 5.32 Å². The molecule has 0 atom stereocenters. The topological polar surface area (TPSA) is 113 Å². The number of nitrogens with zero attached hydrogens (tertiary/aromatic N) is 3. The number of hydrogen-bond donors (Lipinski definition) is 2. The molecule has 0 bridgehead atoms. The molecule has 1 heterocycles. The number of carbonyl (C=O) groups is 2. The van der Waals surface area contributed by atoms with Crippen LogP contribution >= 0.6 is 0 Å². The number of likely N-dealkylation sites (N-methyl/N-ethyl adjacent to an activating group) is 1. The minimum Gasteiger partial charge on any atom is -0.464 e. The summed E-state index contributed by atoms with van der Waals surface area (Å²) >= 11 is 0. The fourth-order valence-corrected chi connectivity index (χ4v) is 2.53. The maximum absolute atomic E-state index is 12.1. The molecule has 1 amide bonds. The monoisotopic (exact) mass is 355 g/mol. The lowest BCUT2D eigenvalue weighted by molar-refractivity contribution is -0.116. The predicted molar refractivity (Wildman–Crippen MR) is 98.2 cm³/mol. The Morgan fingerprint density at radius 1 is 1.38 bits per heavy atom. The molecule has 136 valence electrons. The zero-order chi connectivity index (χ0) is 19.4. The summed E-state index contributed by atoms with van der Waals surface area (Å²) < 4.78 is 6.28. The van der Waals surface area contributed by atoms with E-state index in [9.17, 15) is 14.9 Å². The molecule has 8 heteroatoms. The summed E-state index contributed by atoms with van der Waals surface area (Å²) in [6.07, 6.45) is 1.49. The van der Waals surface area contributed by atoms with Crippen LogP contribution in [0.25, 0.3) is 5.69 Å². The van der Waals surface area contributed by atoms with Crippen molar-refractivity contribution in [2.45, 2.75) is 6.92 Å². The quantitative estimate of drug-likeness (QED) is 0.786. The standard InChI is InChI=1S/C18H21N5O3/c1-11-7-13(5-6-14(11)21-15(24)10-22(2)3)23-9-12(8-19)16(20)17(23)18(25)26-4/h5-7,9H,10,20H2,1-4H3,(H,21,24). The van der Waals surface area contributed by atoms with E-state index in [-0.39, 0.29) is 29.4 Å². The van der Waals surface area contributed by atoms with E-state index >= 15 is 0 Å². The van der Waals surface area contributed by atoms with Gasteiger partial charge in [-0.25, -0.2) is 4.79 Å². The maximum Gasteiger partial charge on any atom is 0.357 e. The molecule has 0 aliphatic rings. The first-order valence-electron chi connectivity index (χ1n) is 7.83. The van der Waals surface area contributed by atoms with Crippen LogP contribution in [0.15, 0.2) is 24.4 Å². The van der Waals surface area contributed by atoms with Crippen LogP contribution in [0.1, 0.15) is 21.6 Å². The second-order valence-corrected chi connectivity index (χ2v) is 6.06. The first kappa shape index (κ1) is 19.0. The van der Waals surface area contributed by atoms with E-state index in [0.717, 1.165) is 5.56 Å². The van der Waals surface area contributed by atoms with E-state index in [1.165, 1.54) is 17.9 Å². The number of aromatic nitrogens is 1. The molecule has 0 spiro atoms. The van der Waals surface area contributed by atoms with Crippen molar-refractivity contribution in [3.8, 4) is 11.8 Å². The Morgan fingerprint density at radius 2 is 2.08 bits per heavy atom. The fraction of sp³-hybridized carbons (Fsp3) is 0.278. The summed E-state index contributed by atoms with van der Waals surface area (Å²) in [5.74, 6) is -0.761. The number of carbonyl (C=O) groups excluding carboxylic acids is 2. The Bertz CT molecular complexity index is 893. The lowest BCUT2D eigenvalue weighted by Gasteiger charge is -2.14. The summed E-state index contributed by atoms with van der Waals surface area (Å²) in [7, 11) is 4.87. The average Bonchev–Trinajstić information content (AvgIpc) is 2.91. The number of amides is 1. The van der Waals surface area contributed by atoms with Crippen LogP contribution in [0.3, 0.4) is 0 Å². The van der Waals surface area contributed by atoms with Crippen LogP contribution in [0, 0.1) is 18.3 Å². The lowest BCUT2D eigenvalue weighted by Crippen LogP contribution is -2.27. The second-order valence-electron chi connectivity index (χ2n) is 6.06. The number of nitrogens with two attached hydrogens (primary N) is 1. The minimum absolute atomic E-state index is 0.0698. The van der Waals surface area contributed by atoms with E-state index in [1.54, 1.807) is 23.1 Å². The number of nitriles is 1. The van der Waals surface area contributed by atoms with Gasteiger partial charge in [0.25, 0.3) is 0 Å². The zero-order valence-corrected chi connectivity index (χ0v) is 15.2. The van der Waals surface area contributed by atoms with Crippen molar-refractivity contribution < 1.29 is 14.3 Å². The second kappa shape index (κ2) is 7.72. The number of nitrogens with one attached hydrogen (secondary N) is 1. The molecular weight excluding hydrogens is 334 g/mol. The zero-order valence-electron chi connectivity index (χ0n) is 15.2. The number of ether oxygens (including phenoxy) is 1. The highest BCUT2D eigenvalue weighted by atomic mass is 16.5. The third-order valence-electron chi connectivity index (χ3n) is 3.77. The molecule has 2 aromatic rings. The molecule has 2 rings (SSSR count). The molecule has 0 fully saturated rings. The average molecular weight is 355 g/mol. The lowest BCUT2D eigenvalue weighted by atomic mass is 10.1. The normalized spacial score (nSPS) is 10.5. The number of benzene rings is 1. The van der Waals surface area contributed by atoms with Crippen LogP contribution in [0.5, 0.6) is 0 Å². The van der Waals surface area contributed by atoms with Gasteiger partial charge in [0, 0.05) is 17.6 Å². The molecule has 0 saturated heterocycles. The molecule has 0 aliphatic carbocycles. The van der Waals surface area contributed by atoms with Crippen molar-refractivity contribution in [2.75, 3.05) is 38.8 Å². The Morgan fingerprint density at radius 3 is 2.62 bits per heavy atom. The Kier molecular flexibility index (Phi) is 5.64. The molecule has 3 N–H and O–H groups in total.